The van der Waals surface area contributed by atoms with Crippen molar-refractivity contribution >= 4 is 28.3 Å². The number of rotatable bonds is 4. The zero-order chi connectivity index (χ0) is 19.8. The number of pyridine rings is 1. The van der Waals surface area contributed by atoms with Gasteiger partial charge in [0.05, 0.1) is 33.8 Å². The fourth-order valence-electron chi connectivity index (χ4n) is 3.75. The minimum absolute atomic E-state index is 0.201. The molecule has 0 atom stereocenters. The van der Waals surface area contributed by atoms with E-state index in [1.807, 2.05) is 24.4 Å². The molecule has 0 saturated carbocycles. The first-order chi connectivity index (χ1) is 14.2. The van der Waals surface area contributed by atoms with Gasteiger partial charge >= 0.3 is 0 Å². The highest BCUT2D eigenvalue weighted by Crippen LogP contribution is 2.29. The Morgan fingerprint density at radius 1 is 1.31 bits per heavy atom. The van der Waals surface area contributed by atoms with Crippen molar-refractivity contribution in [2.24, 2.45) is 0 Å². The number of fused-ring (bicyclic) bond motifs is 2. The number of carbonyl (C=O) groups excluding carboxylic acids is 1. The molecule has 148 valence electrons. The van der Waals surface area contributed by atoms with Gasteiger partial charge in [-0.3, -0.25) is 4.79 Å². The maximum atomic E-state index is 13.1. The van der Waals surface area contributed by atoms with Crippen molar-refractivity contribution in [2.45, 2.75) is 45.7 Å². The quantitative estimate of drug-likeness (QED) is 0.555. The van der Waals surface area contributed by atoms with E-state index in [0.29, 0.717) is 34.6 Å². The number of aromatic nitrogens is 5. The second-order valence-corrected chi connectivity index (χ2v) is 8.11. The maximum absolute atomic E-state index is 13.1. The highest BCUT2D eigenvalue weighted by molar-refractivity contribution is 7.13. The van der Waals surface area contributed by atoms with Crippen molar-refractivity contribution in [1.82, 2.24) is 30.2 Å². The first kappa shape index (κ1) is 18.0. The molecule has 4 aromatic heterocycles. The molecule has 0 aromatic carbocycles. The van der Waals surface area contributed by atoms with Crippen LogP contribution in [0.15, 0.2) is 28.1 Å². The number of amides is 1. The van der Waals surface area contributed by atoms with Gasteiger partial charge in [-0.25, -0.2) is 4.98 Å². The van der Waals surface area contributed by atoms with Gasteiger partial charge in [0.15, 0.2) is 5.82 Å². The third kappa shape index (κ3) is 3.31. The Hall–Kier alpha value is -3.07. The van der Waals surface area contributed by atoms with E-state index in [9.17, 15) is 4.79 Å². The number of hydrogen-bond donors (Lipinski definition) is 1. The van der Waals surface area contributed by atoms with Crippen molar-refractivity contribution in [3.8, 4) is 10.6 Å². The van der Waals surface area contributed by atoms with E-state index in [1.165, 1.54) is 6.42 Å². The van der Waals surface area contributed by atoms with Gasteiger partial charge in [0.25, 0.3) is 11.6 Å². The van der Waals surface area contributed by atoms with Gasteiger partial charge in [-0.1, -0.05) is 17.6 Å². The molecule has 0 bridgehead atoms. The minimum Gasteiger partial charge on any atom is -0.345 e. The SMILES string of the molecule is Cc1noc2nc(-c3cccs3)cc(C(=O)NCc3nnc4n3CCCCC4)c12. The lowest BCUT2D eigenvalue weighted by molar-refractivity contribution is 0.0951. The molecule has 5 rings (SSSR count). The molecular weight excluding hydrogens is 388 g/mol. The Kier molecular flexibility index (Phi) is 4.59. The average molecular weight is 408 g/mol. The molecule has 0 fully saturated rings. The third-order valence-electron chi connectivity index (χ3n) is 5.23. The summed E-state index contributed by atoms with van der Waals surface area (Å²) < 4.78 is 7.49. The van der Waals surface area contributed by atoms with Crippen LogP contribution >= 0.6 is 11.3 Å². The first-order valence-corrected chi connectivity index (χ1v) is 10.6. The number of carbonyl (C=O) groups is 1. The van der Waals surface area contributed by atoms with Crippen molar-refractivity contribution in [1.29, 1.82) is 0 Å². The molecule has 8 nitrogen and oxygen atoms in total. The van der Waals surface area contributed by atoms with Gasteiger partial charge in [0, 0.05) is 13.0 Å². The molecular formula is C20H20N6O2S. The van der Waals surface area contributed by atoms with E-state index in [1.54, 1.807) is 17.4 Å². The Morgan fingerprint density at radius 2 is 2.24 bits per heavy atom. The lowest BCUT2D eigenvalue weighted by Gasteiger charge is -2.09. The molecule has 5 heterocycles. The fourth-order valence-corrected chi connectivity index (χ4v) is 4.44. The number of aryl methyl sites for hydroxylation is 2. The first-order valence-electron chi connectivity index (χ1n) is 9.71. The van der Waals surface area contributed by atoms with Crippen LogP contribution < -0.4 is 5.32 Å². The van der Waals surface area contributed by atoms with Gasteiger partial charge in [0.1, 0.15) is 5.82 Å². The van der Waals surface area contributed by atoms with E-state index in [0.717, 1.165) is 42.3 Å². The molecule has 0 radical (unpaired) electrons. The van der Waals surface area contributed by atoms with Crippen LogP contribution in [-0.2, 0) is 19.5 Å². The third-order valence-corrected chi connectivity index (χ3v) is 6.12. The van der Waals surface area contributed by atoms with Crippen molar-refractivity contribution in [3.05, 3.63) is 46.5 Å². The molecule has 0 spiro atoms. The van der Waals surface area contributed by atoms with Gasteiger partial charge in [-0.15, -0.1) is 21.5 Å². The summed E-state index contributed by atoms with van der Waals surface area (Å²) in [6.07, 6.45) is 4.39. The van der Waals surface area contributed by atoms with E-state index in [-0.39, 0.29) is 5.91 Å². The summed E-state index contributed by atoms with van der Waals surface area (Å²) in [4.78, 5) is 18.6. The van der Waals surface area contributed by atoms with Crippen LogP contribution in [0.25, 0.3) is 21.7 Å². The van der Waals surface area contributed by atoms with Crippen LogP contribution in [0.2, 0.25) is 0 Å². The second kappa shape index (κ2) is 7.40. The van der Waals surface area contributed by atoms with Gasteiger partial charge in [-0.2, -0.15) is 0 Å². The van der Waals surface area contributed by atoms with E-state index in [4.69, 9.17) is 4.52 Å². The zero-order valence-corrected chi connectivity index (χ0v) is 16.8. The molecule has 0 unspecified atom stereocenters. The number of thiophene rings is 1. The summed E-state index contributed by atoms with van der Waals surface area (Å²) in [6.45, 7) is 3.04. The van der Waals surface area contributed by atoms with Crippen LogP contribution in [0.4, 0.5) is 0 Å². The summed E-state index contributed by atoms with van der Waals surface area (Å²) in [5, 5.41) is 18.2. The van der Waals surface area contributed by atoms with Gasteiger partial charge in [0.2, 0.25) is 0 Å². The normalized spacial score (nSPS) is 14.0. The minimum atomic E-state index is -0.201. The van der Waals surface area contributed by atoms with Crippen molar-refractivity contribution in [3.63, 3.8) is 0 Å². The van der Waals surface area contributed by atoms with Gasteiger partial charge in [-0.05, 0) is 37.3 Å². The zero-order valence-electron chi connectivity index (χ0n) is 16.0. The molecule has 1 amide bonds. The maximum Gasteiger partial charge on any atom is 0.259 e. The monoisotopic (exact) mass is 408 g/mol. The highest BCUT2D eigenvalue weighted by atomic mass is 32.1. The standard InChI is InChI=1S/C20H20N6O2S/c1-12-18-13(10-14(15-6-5-9-29-15)22-20(18)28-25-12)19(27)21-11-17-24-23-16-7-3-2-4-8-26(16)17/h5-6,9-10H,2-4,7-8,11H2,1H3,(H,21,27). The van der Waals surface area contributed by atoms with Gasteiger partial charge < -0.3 is 14.4 Å². The topological polar surface area (TPSA) is 98.7 Å². The predicted octanol–water partition coefficient (Wildman–Crippen LogP) is 3.51. The van der Waals surface area contributed by atoms with Crippen LogP contribution in [0.5, 0.6) is 0 Å². The van der Waals surface area contributed by atoms with Crippen molar-refractivity contribution in [2.75, 3.05) is 0 Å². The predicted molar refractivity (Wildman–Crippen MR) is 109 cm³/mol. The van der Waals surface area contributed by atoms with Crippen molar-refractivity contribution < 1.29 is 9.32 Å². The molecule has 9 heteroatoms. The largest absolute Gasteiger partial charge is 0.345 e. The number of nitrogens with zero attached hydrogens (tertiary/aromatic N) is 5. The highest BCUT2D eigenvalue weighted by Gasteiger charge is 2.21. The molecule has 1 N–H and O–H groups in total. The fraction of sp³-hybridized carbons (Fsp3) is 0.350. The smallest absolute Gasteiger partial charge is 0.259 e. The Bertz CT molecular complexity index is 1180. The summed E-state index contributed by atoms with van der Waals surface area (Å²) in [5.74, 6) is 1.60. The average Bonchev–Trinajstić information content (AvgIpc) is 3.44. The summed E-state index contributed by atoms with van der Waals surface area (Å²) >= 11 is 1.56. The lowest BCUT2D eigenvalue weighted by atomic mass is 10.1. The Labute approximate surface area is 171 Å². The van der Waals surface area contributed by atoms with Crippen LogP contribution in [0, 0.1) is 6.92 Å². The summed E-state index contributed by atoms with van der Waals surface area (Å²) in [5.41, 5.74) is 2.22. The second-order valence-electron chi connectivity index (χ2n) is 7.16. The molecule has 4 aromatic rings. The molecule has 1 aliphatic rings. The van der Waals surface area contributed by atoms with Crippen LogP contribution in [0.3, 0.4) is 0 Å². The molecule has 0 saturated heterocycles. The Balaban J connectivity index is 1.45. The lowest BCUT2D eigenvalue weighted by Crippen LogP contribution is -2.25. The van der Waals surface area contributed by atoms with Crippen LogP contribution in [0.1, 0.15) is 47.0 Å². The molecule has 29 heavy (non-hydrogen) atoms. The Morgan fingerprint density at radius 3 is 3.10 bits per heavy atom. The summed E-state index contributed by atoms with van der Waals surface area (Å²) in [7, 11) is 0. The number of nitrogens with one attached hydrogen (secondary N) is 1. The molecule has 0 aliphatic carbocycles. The summed E-state index contributed by atoms with van der Waals surface area (Å²) in [6, 6.07) is 5.72. The number of hydrogen-bond acceptors (Lipinski definition) is 7. The van der Waals surface area contributed by atoms with E-state index >= 15 is 0 Å². The van der Waals surface area contributed by atoms with Crippen LogP contribution in [-0.4, -0.2) is 30.8 Å². The van der Waals surface area contributed by atoms with E-state index < -0.39 is 0 Å². The molecule has 1 aliphatic heterocycles. The van der Waals surface area contributed by atoms with E-state index in [2.05, 4.69) is 30.2 Å².